The molecule has 6 nitrogen and oxygen atoms in total. The van der Waals surface area contributed by atoms with E-state index in [1.807, 2.05) is 20.9 Å². The first-order valence-electron chi connectivity index (χ1n) is 4.85. The number of ether oxygens (including phenoxy) is 1. The summed E-state index contributed by atoms with van der Waals surface area (Å²) in [6, 6.07) is -0.00889. The highest BCUT2D eigenvalue weighted by molar-refractivity contribution is 4.95. The first-order valence-corrected chi connectivity index (χ1v) is 4.85. The molecule has 6 heteroatoms. The molecule has 1 unspecified atom stereocenters. The van der Waals surface area contributed by atoms with E-state index in [0.29, 0.717) is 6.42 Å². The number of nitrogens with two attached hydrogens (primary N) is 1. The van der Waals surface area contributed by atoms with Crippen LogP contribution in [0.25, 0.3) is 0 Å². The zero-order chi connectivity index (χ0) is 11.5. The molecule has 0 aliphatic heterocycles. The molecule has 0 radical (unpaired) electrons. The van der Waals surface area contributed by atoms with Crippen molar-refractivity contribution in [3.63, 3.8) is 0 Å². The summed E-state index contributed by atoms with van der Waals surface area (Å²) in [6.45, 7) is 3.96. The molecule has 0 saturated carbocycles. The van der Waals surface area contributed by atoms with Crippen LogP contribution >= 0.6 is 0 Å². The molecule has 1 rings (SSSR count). The highest BCUT2D eigenvalue weighted by Crippen LogP contribution is 2.16. The molecule has 0 saturated heterocycles. The van der Waals surface area contributed by atoms with Gasteiger partial charge in [0.15, 0.2) is 0 Å². The third-order valence-electron chi connectivity index (χ3n) is 2.76. The first kappa shape index (κ1) is 12.1. The summed E-state index contributed by atoms with van der Waals surface area (Å²) in [5, 5.41) is 4.01. The zero-order valence-electron chi connectivity index (χ0n) is 9.69. The second-order valence-electron chi connectivity index (χ2n) is 4.03. The molecule has 0 fully saturated rings. The summed E-state index contributed by atoms with van der Waals surface area (Å²) in [6.07, 6.45) is 2.20. The Morgan fingerprint density at radius 2 is 2.33 bits per heavy atom. The Hall–Kier alpha value is -0.980. The van der Waals surface area contributed by atoms with Crippen molar-refractivity contribution in [1.29, 1.82) is 0 Å². The monoisotopic (exact) mass is 213 g/mol. The van der Waals surface area contributed by atoms with E-state index in [1.165, 1.54) is 6.33 Å². The minimum Gasteiger partial charge on any atom is -0.377 e. The van der Waals surface area contributed by atoms with Gasteiger partial charge in [-0.2, -0.15) is 5.10 Å². The second kappa shape index (κ2) is 4.69. The van der Waals surface area contributed by atoms with Crippen LogP contribution in [0.5, 0.6) is 0 Å². The number of rotatable bonds is 5. The zero-order valence-corrected chi connectivity index (χ0v) is 9.69. The predicted molar refractivity (Wildman–Crippen MR) is 56.9 cm³/mol. The predicted octanol–water partition coefficient (Wildman–Crippen LogP) is -0.385. The van der Waals surface area contributed by atoms with Gasteiger partial charge in [-0.15, -0.1) is 0 Å². The van der Waals surface area contributed by atoms with Gasteiger partial charge < -0.3 is 4.74 Å². The van der Waals surface area contributed by atoms with Gasteiger partial charge in [0.1, 0.15) is 12.2 Å². The lowest BCUT2D eigenvalue weighted by atomic mass is 9.96. The molecule has 0 aliphatic rings. The summed E-state index contributed by atoms with van der Waals surface area (Å²) in [7, 11) is 3.52. The van der Waals surface area contributed by atoms with Crippen molar-refractivity contribution in [3.8, 4) is 0 Å². The van der Waals surface area contributed by atoms with Crippen LogP contribution in [0.4, 0.5) is 0 Å². The van der Waals surface area contributed by atoms with Gasteiger partial charge in [-0.25, -0.2) is 4.98 Å². The van der Waals surface area contributed by atoms with Gasteiger partial charge in [-0.1, -0.05) is 0 Å². The number of nitrogens with zero attached hydrogens (tertiary/aromatic N) is 3. The van der Waals surface area contributed by atoms with Crippen molar-refractivity contribution in [2.45, 2.75) is 31.9 Å². The van der Waals surface area contributed by atoms with Crippen LogP contribution in [-0.4, -0.2) is 33.5 Å². The first-order chi connectivity index (χ1) is 7.01. The van der Waals surface area contributed by atoms with E-state index < -0.39 is 0 Å². The van der Waals surface area contributed by atoms with Crippen molar-refractivity contribution in [2.24, 2.45) is 12.9 Å². The number of aryl methyl sites for hydroxylation is 1. The minimum absolute atomic E-state index is 0.00889. The fourth-order valence-corrected chi connectivity index (χ4v) is 1.34. The number of methoxy groups -OCH3 is 1. The van der Waals surface area contributed by atoms with Crippen LogP contribution < -0.4 is 11.3 Å². The Morgan fingerprint density at radius 1 is 1.67 bits per heavy atom. The van der Waals surface area contributed by atoms with Gasteiger partial charge >= 0.3 is 0 Å². The van der Waals surface area contributed by atoms with Gasteiger partial charge in [0, 0.05) is 20.6 Å². The lowest BCUT2D eigenvalue weighted by Crippen LogP contribution is -2.52. The van der Waals surface area contributed by atoms with Crippen molar-refractivity contribution in [1.82, 2.24) is 20.2 Å². The van der Waals surface area contributed by atoms with E-state index in [2.05, 4.69) is 15.5 Å². The van der Waals surface area contributed by atoms with Crippen molar-refractivity contribution in [2.75, 3.05) is 7.11 Å². The van der Waals surface area contributed by atoms with Crippen LogP contribution in [0.3, 0.4) is 0 Å². The third kappa shape index (κ3) is 2.74. The van der Waals surface area contributed by atoms with Crippen molar-refractivity contribution >= 4 is 0 Å². The van der Waals surface area contributed by atoms with E-state index in [9.17, 15) is 0 Å². The standard InChI is InChI=1S/C9H19N5O/c1-9(2,15-4)7(13-10)5-8-11-6-12-14(8)3/h6-7,13H,5,10H2,1-4H3. The average molecular weight is 213 g/mol. The van der Waals surface area contributed by atoms with Gasteiger partial charge in [-0.05, 0) is 13.8 Å². The Balaban J connectivity index is 2.74. The topological polar surface area (TPSA) is 78.0 Å². The molecule has 15 heavy (non-hydrogen) atoms. The summed E-state index contributed by atoms with van der Waals surface area (Å²) < 4.78 is 7.11. The number of nitrogens with one attached hydrogen (secondary N) is 1. The maximum absolute atomic E-state index is 5.51. The van der Waals surface area contributed by atoms with E-state index in [4.69, 9.17) is 10.6 Å². The lowest BCUT2D eigenvalue weighted by Gasteiger charge is -2.32. The van der Waals surface area contributed by atoms with E-state index in [-0.39, 0.29) is 11.6 Å². The Kier molecular flexibility index (Phi) is 3.78. The quantitative estimate of drug-likeness (QED) is 0.514. The highest BCUT2D eigenvalue weighted by atomic mass is 16.5. The molecule has 86 valence electrons. The molecule has 3 N–H and O–H groups in total. The van der Waals surface area contributed by atoms with Crippen LogP contribution in [0.2, 0.25) is 0 Å². The molecular formula is C9H19N5O. The normalized spacial score (nSPS) is 14.2. The fourth-order valence-electron chi connectivity index (χ4n) is 1.34. The molecule has 1 aromatic heterocycles. The molecule has 1 atom stereocenters. The smallest absolute Gasteiger partial charge is 0.138 e. The molecule has 1 heterocycles. The van der Waals surface area contributed by atoms with Crippen LogP contribution in [0.1, 0.15) is 19.7 Å². The maximum atomic E-state index is 5.51. The van der Waals surface area contributed by atoms with Crippen molar-refractivity contribution < 1.29 is 4.74 Å². The van der Waals surface area contributed by atoms with Gasteiger partial charge in [-0.3, -0.25) is 16.0 Å². The summed E-state index contributed by atoms with van der Waals surface area (Å²) >= 11 is 0. The summed E-state index contributed by atoms with van der Waals surface area (Å²) in [4.78, 5) is 4.15. The van der Waals surface area contributed by atoms with E-state index in [1.54, 1.807) is 11.8 Å². The minimum atomic E-state index is -0.347. The molecule has 0 aliphatic carbocycles. The van der Waals surface area contributed by atoms with Crippen LogP contribution in [0, 0.1) is 0 Å². The maximum Gasteiger partial charge on any atom is 0.138 e. The molecular weight excluding hydrogens is 194 g/mol. The number of hydrazine groups is 1. The molecule has 0 aromatic carbocycles. The Morgan fingerprint density at radius 3 is 2.73 bits per heavy atom. The average Bonchev–Trinajstić information content (AvgIpc) is 2.60. The summed E-state index contributed by atoms with van der Waals surface area (Å²) in [5.74, 6) is 6.39. The summed E-state index contributed by atoms with van der Waals surface area (Å²) in [5.41, 5.74) is 2.41. The number of aromatic nitrogens is 3. The Labute approximate surface area is 89.8 Å². The fraction of sp³-hybridized carbons (Fsp3) is 0.778. The van der Waals surface area contributed by atoms with Gasteiger partial charge in [0.05, 0.1) is 11.6 Å². The van der Waals surface area contributed by atoms with E-state index in [0.717, 1.165) is 5.82 Å². The number of hydrogen-bond acceptors (Lipinski definition) is 5. The second-order valence-corrected chi connectivity index (χ2v) is 4.03. The largest absolute Gasteiger partial charge is 0.377 e. The highest BCUT2D eigenvalue weighted by Gasteiger charge is 2.29. The number of hydrogen-bond donors (Lipinski definition) is 2. The SMILES string of the molecule is COC(C)(C)C(Cc1ncnn1C)NN. The van der Waals surface area contributed by atoms with Crippen molar-refractivity contribution in [3.05, 3.63) is 12.2 Å². The molecule has 0 bridgehead atoms. The third-order valence-corrected chi connectivity index (χ3v) is 2.76. The van der Waals surface area contributed by atoms with Crippen LogP contribution in [-0.2, 0) is 18.2 Å². The van der Waals surface area contributed by atoms with Gasteiger partial charge in [0.2, 0.25) is 0 Å². The Bertz CT molecular complexity index is 309. The molecule has 0 spiro atoms. The van der Waals surface area contributed by atoms with Gasteiger partial charge in [0.25, 0.3) is 0 Å². The molecule has 0 amide bonds. The molecule has 1 aromatic rings. The lowest BCUT2D eigenvalue weighted by molar-refractivity contribution is -0.0108. The van der Waals surface area contributed by atoms with Crippen LogP contribution in [0.15, 0.2) is 6.33 Å². The van der Waals surface area contributed by atoms with E-state index >= 15 is 0 Å².